The first kappa shape index (κ1) is 11.3. The molecule has 1 saturated heterocycles. The molecule has 2 fully saturated rings. The molecule has 2 nitrogen and oxygen atoms in total. The van der Waals surface area contributed by atoms with Crippen molar-refractivity contribution in [1.29, 1.82) is 0 Å². The fraction of sp³-hybridized carbons (Fsp3) is 0.846. The molecule has 0 amide bonds. The SMILES string of the molecule is ICCN1CCC2(N3C=CCCC3)CC2C1. The van der Waals surface area contributed by atoms with Gasteiger partial charge < -0.3 is 9.80 Å². The van der Waals surface area contributed by atoms with E-state index in [9.17, 15) is 0 Å². The van der Waals surface area contributed by atoms with Gasteiger partial charge >= 0.3 is 0 Å². The zero-order chi connectivity index (χ0) is 11.0. The number of alkyl halides is 1. The minimum Gasteiger partial charge on any atom is -0.372 e. The van der Waals surface area contributed by atoms with Crippen LogP contribution in [-0.4, -0.2) is 45.9 Å². The maximum Gasteiger partial charge on any atom is 0.0454 e. The molecule has 2 unspecified atom stereocenters. The van der Waals surface area contributed by atoms with Crippen molar-refractivity contribution in [1.82, 2.24) is 9.80 Å². The number of halogens is 1. The van der Waals surface area contributed by atoms with Crippen molar-refractivity contribution >= 4 is 22.6 Å². The lowest BCUT2D eigenvalue weighted by molar-refractivity contribution is 0.131. The van der Waals surface area contributed by atoms with Gasteiger partial charge in [0, 0.05) is 36.1 Å². The predicted octanol–water partition coefficient (Wildman–Crippen LogP) is 2.50. The van der Waals surface area contributed by atoms with Gasteiger partial charge in [0.25, 0.3) is 0 Å². The molecule has 0 aromatic rings. The summed E-state index contributed by atoms with van der Waals surface area (Å²) in [5.41, 5.74) is 0.596. The van der Waals surface area contributed by atoms with E-state index < -0.39 is 0 Å². The summed E-state index contributed by atoms with van der Waals surface area (Å²) < 4.78 is 1.28. The van der Waals surface area contributed by atoms with Gasteiger partial charge in [0.1, 0.15) is 0 Å². The quantitative estimate of drug-likeness (QED) is 0.579. The normalized spacial score (nSPS) is 38.6. The number of allylic oxidation sites excluding steroid dienone is 1. The highest BCUT2D eigenvalue weighted by Gasteiger charge is 2.59. The third kappa shape index (κ3) is 1.90. The second kappa shape index (κ2) is 4.48. The third-order valence-electron chi connectivity index (χ3n) is 4.57. The molecular weight excluding hydrogens is 311 g/mol. The maximum atomic E-state index is 2.67. The van der Waals surface area contributed by atoms with Crippen molar-refractivity contribution in [3.63, 3.8) is 0 Å². The van der Waals surface area contributed by atoms with Gasteiger partial charge in [0.05, 0.1) is 0 Å². The summed E-state index contributed by atoms with van der Waals surface area (Å²) in [6.45, 7) is 5.28. The van der Waals surface area contributed by atoms with Crippen LogP contribution in [0.15, 0.2) is 12.3 Å². The summed E-state index contributed by atoms with van der Waals surface area (Å²) in [5, 5.41) is 0. The van der Waals surface area contributed by atoms with E-state index in [2.05, 4.69) is 44.7 Å². The Hall–Kier alpha value is 0.230. The lowest BCUT2D eigenvalue weighted by Gasteiger charge is -2.39. The summed E-state index contributed by atoms with van der Waals surface area (Å²) in [4.78, 5) is 5.33. The van der Waals surface area contributed by atoms with Gasteiger partial charge in [-0.2, -0.15) is 0 Å². The Balaban J connectivity index is 1.62. The molecule has 2 atom stereocenters. The van der Waals surface area contributed by atoms with Crippen molar-refractivity contribution < 1.29 is 0 Å². The van der Waals surface area contributed by atoms with Crippen LogP contribution < -0.4 is 0 Å². The van der Waals surface area contributed by atoms with E-state index in [-0.39, 0.29) is 0 Å². The summed E-state index contributed by atoms with van der Waals surface area (Å²) in [7, 11) is 0. The number of nitrogens with zero attached hydrogens (tertiary/aromatic N) is 2. The summed E-state index contributed by atoms with van der Waals surface area (Å²) >= 11 is 2.49. The molecular formula is C13H21IN2. The molecule has 3 rings (SSSR count). The molecule has 1 saturated carbocycles. The van der Waals surface area contributed by atoms with Crippen LogP contribution in [0.3, 0.4) is 0 Å². The second-order valence-electron chi connectivity index (χ2n) is 5.46. The first-order chi connectivity index (χ1) is 7.85. The molecule has 3 aliphatic rings. The molecule has 0 N–H and O–H groups in total. The van der Waals surface area contributed by atoms with Crippen molar-refractivity contribution in [3.05, 3.63) is 12.3 Å². The van der Waals surface area contributed by atoms with Crippen LogP contribution >= 0.6 is 22.6 Å². The molecule has 0 aromatic heterocycles. The molecule has 0 bridgehead atoms. The molecule has 1 aliphatic carbocycles. The number of rotatable bonds is 3. The average Bonchev–Trinajstić information content (AvgIpc) is 3.06. The first-order valence-electron chi connectivity index (χ1n) is 6.57. The van der Waals surface area contributed by atoms with E-state index in [0.29, 0.717) is 5.54 Å². The Labute approximate surface area is 112 Å². The minimum atomic E-state index is 0.596. The zero-order valence-corrected chi connectivity index (χ0v) is 12.0. The number of piperidine rings is 1. The predicted molar refractivity (Wildman–Crippen MR) is 75.9 cm³/mol. The zero-order valence-electron chi connectivity index (χ0n) is 9.87. The van der Waals surface area contributed by atoms with E-state index >= 15 is 0 Å². The molecule has 0 spiro atoms. The molecule has 3 heteroatoms. The number of fused-ring (bicyclic) bond motifs is 1. The largest absolute Gasteiger partial charge is 0.372 e. The highest BCUT2D eigenvalue weighted by molar-refractivity contribution is 14.1. The van der Waals surface area contributed by atoms with Crippen LogP contribution in [0.25, 0.3) is 0 Å². The number of hydrogen-bond donors (Lipinski definition) is 0. The smallest absolute Gasteiger partial charge is 0.0454 e. The molecule has 2 heterocycles. The van der Waals surface area contributed by atoms with E-state index in [4.69, 9.17) is 0 Å². The lowest BCUT2D eigenvalue weighted by Crippen LogP contribution is -2.46. The Morgan fingerprint density at radius 3 is 3.00 bits per heavy atom. The Morgan fingerprint density at radius 2 is 2.31 bits per heavy atom. The molecule has 90 valence electrons. The fourth-order valence-corrected chi connectivity index (χ4v) is 4.19. The topological polar surface area (TPSA) is 6.48 Å². The van der Waals surface area contributed by atoms with Crippen LogP contribution in [-0.2, 0) is 0 Å². The van der Waals surface area contributed by atoms with Crippen molar-refractivity contribution in [2.24, 2.45) is 5.92 Å². The minimum absolute atomic E-state index is 0.596. The van der Waals surface area contributed by atoms with Gasteiger partial charge in [-0.1, -0.05) is 28.7 Å². The second-order valence-corrected chi connectivity index (χ2v) is 6.54. The van der Waals surface area contributed by atoms with Crippen LogP contribution in [0, 0.1) is 5.92 Å². The highest BCUT2D eigenvalue weighted by Crippen LogP contribution is 2.54. The summed E-state index contributed by atoms with van der Waals surface area (Å²) in [6.07, 6.45) is 10.3. The van der Waals surface area contributed by atoms with Gasteiger partial charge in [0.15, 0.2) is 0 Å². The van der Waals surface area contributed by atoms with Gasteiger partial charge in [0.2, 0.25) is 0 Å². The van der Waals surface area contributed by atoms with Crippen LogP contribution in [0.2, 0.25) is 0 Å². The van der Waals surface area contributed by atoms with Crippen molar-refractivity contribution in [2.75, 3.05) is 30.6 Å². The summed E-state index contributed by atoms with van der Waals surface area (Å²) in [5.74, 6) is 0.965. The average molecular weight is 332 g/mol. The molecule has 16 heavy (non-hydrogen) atoms. The highest BCUT2D eigenvalue weighted by atomic mass is 127. The molecule has 0 aromatic carbocycles. The molecule has 2 aliphatic heterocycles. The van der Waals surface area contributed by atoms with Gasteiger partial charge in [-0.15, -0.1) is 0 Å². The van der Waals surface area contributed by atoms with Gasteiger partial charge in [-0.05, 0) is 37.8 Å². The van der Waals surface area contributed by atoms with E-state index in [1.807, 2.05) is 0 Å². The van der Waals surface area contributed by atoms with Crippen LogP contribution in [0.4, 0.5) is 0 Å². The number of likely N-dealkylation sites (tertiary alicyclic amines) is 1. The van der Waals surface area contributed by atoms with Crippen LogP contribution in [0.5, 0.6) is 0 Å². The van der Waals surface area contributed by atoms with Crippen LogP contribution in [0.1, 0.15) is 25.7 Å². The van der Waals surface area contributed by atoms with Gasteiger partial charge in [-0.25, -0.2) is 0 Å². The monoisotopic (exact) mass is 332 g/mol. The van der Waals surface area contributed by atoms with Gasteiger partial charge in [-0.3, -0.25) is 0 Å². The fourth-order valence-electron chi connectivity index (χ4n) is 3.51. The lowest BCUT2D eigenvalue weighted by atomic mass is 10.0. The Morgan fingerprint density at radius 1 is 1.38 bits per heavy atom. The van der Waals surface area contributed by atoms with E-state index in [1.165, 1.54) is 56.3 Å². The van der Waals surface area contributed by atoms with E-state index in [1.54, 1.807) is 0 Å². The number of hydrogen-bond acceptors (Lipinski definition) is 2. The standard InChI is InChI=1S/C13H21IN2/c14-5-9-15-8-4-13(10-12(13)11-15)16-6-2-1-3-7-16/h2,6,12H,1,3-5,7-11H2. The Kier molecular flexibility index (Phi) is 3.17. The first-order valence-corrected chi connectivity index (χ1v) is 8.09. The third-order valence-corrected chi connectivity index (χ3v) is 5.05. The van der Waals surface area contributed by atoms with Crippen molar-refractivity contribution in [3.8, 4) is 0 Å². The van der Waals surface area contributed by atoms with Crippen molar-refractivity contribution in [2.45, 2.75) is 31.2 Å². The molecule has 0 radical (unpaired) electrons. The maximum absolute atomic E-state index is 2.67. The van der Waals surface area contributed by atoms with E-state index in [0.717, 1.165) is 5.92 Å². The Bertz CT molecular complexity index is 292. The summed E-state index contributed by atoms with van der Waals surface area (Å²) in [6, 6.07) is 0.